The Balaban J connectivity index is 1.73. The van der Waals surface area contributed by atoms with Crippen molar-refractivity contribution in [2.45, 2.75) is 45.5 Å². The van der Waals surface area contributed by atoms with E-state index < -0.39 is 17.9 Å². The lowest BCUT2D eigenvalue weighted by Crippen LogP contribution is -2.23. The minimum Gasteiger partial charge on any atom is -0.304 e. The van der Waals surface area contributed by atoms with Gasteiger partial charge in [-0.1, -0.05) is 0 Å². The number of carbonyl (C=O) groups excluding carboxylic acids is 1. The van der Waals surface area contributed by atoms with E-state index in [1.807, 2.05) is 0 Å². The number of nitrogens with zero attached hydrogens (tertiary/aromatic N) is 4. The third kappa shape index (κ3) is 3.22. The molecule has 3 rings (SSSR count). The van der Waals surface area contributed by atoms with Gasteiger partial charge in [-0.2, -0.15) is 23.4 Å². The standard InChI is InChI=1S/C14H17F3N6O/c1-2-22-12(14(15,16)17)10(8-18-22)19-13(24)20-11-7-9-5-3-4-6-23(9)21-11/h7-8H,2-6H2,1H3,(H2,19,20,21,24). The molecule has 0 aromatic carbocycles. The van der Waals surface area contributed by atoms with Crippen molar-refractivity contribution in [1.82, 2.24) is 19.6 Å². The monoisotopic (exact) mass is 342 g/mol. The molecule has 7 nitrogen and oxygen atoms in total. The van der Waals surface area contributed by atoms with Crippen LogP contribution >= 0.6 is 0 Å². The van der Waals surface area contributed by atoms with Gasteiger partial charge >= 0.3 is 12.2 Å². The van der Waals surface area contributed by atoms with Crippen LogP contribution in [-0.2, 0) is 25.7 Å². The summed E-state index contributed by atoms with van der Waals surface area (Å²) < 4.78 is 41.9. The molecule has 0 atom stereocenters. The smallest absolute Gasteiger partial charge is 0.304 e. The molecule has 0 saturated carbocycles. The quantitative estimate of drug-likeness (QED) is 0.900. The number of alkyl halides is 3. The highest BCUT2D eigenvalue weighted by molar-refractivity contribution is 5.99. The summed E-state index contributed by atoms with van der Waals surface area (Å²) in [7, 11) is 0. The van der Waals surface area contributed by atoms with E-state index in [1.165, 1.54) is 0 Å². The molecule has 1 aliphatic heterocycles. The zero-order valence-electron chi connectivity index (χ0n) is 13.0. The van der Waals surface area contributed by atoms with Gasteiger partial charge in [0.15, 0.2) is 11.5 Å². The Morgan fingerprint density at radius 2 is 2.12 bits per heavy atom. The minimum atomic E-state index is -4.61. The van der Waals surface area contributed by atoms with Crippen LogP contribution in [0.25, 0.3) is 0 Å². The molecule has 0 saturated heterocycles. The van der Waals surface area contributed by atoms with Gasteiger partial charge in [0.05, 0.1) is 11.9 Å². The number of nitrogens with one attached hydrogen (secondary N) is 2. The van der Waals surface area contributed by atoms with Crippen LogP contribution in [0.1, 0.15) is 31.2 Å². The number of urea groups is 1. The maximum absolute atomic E-state index is 13.1. The van der Waals surface area contributed by atoms with Crippen LogP contribution in [0, 0.1) is 0 Å². The van der Waals surface area contributed by atoms with E-state index in [-0.39, 0.29) is 12.2 Å². The highest BCUT2D eigenvalue weighted by atomic mass is 19.4. The zero-order valence-corrected chi connectivity index (χ0v) is 13.0. The largest absolute Gasteiger partial charge is 0.435 e. The highest BCUT2D eigenvalue weighted by Gasteiger charge is 2.38. The van der Waals surface area contributed by atoms with Crippen LogP contribution < -0.4 is 10.6 Å². The maximum Gasteiger partial charge on any atom is 0.435 e. The van der Waals surface area contributed by atoms with Crippen molar-refractivity contribution in [3.05, 3.63) is 23.7 Å². The molecule has 3 heterocycles. The minimum absolute atomic E-state index is 0.0475. The Morgan fingerprint density at radius 3 is 2.79 bits per heavy atom. The van der Waals surface area contributed by atoms with E-state index in [0.29, 0.717) is 5.82 Å². The van der Waals surface area contributed by atoms with E-state index in [0.717, 1.165) is 42.4 Å². The van der Waals surface area contributed by atoms with Crippen molar-refractivity contribution >= 4 is 17.5 Å². The number of hydrogen-bond donors (Lipinski definition) is 2. The summed E-state index contributed by atoms with van der Waals surface area (Å²) in [6.07, 6.45) is -0.668. The number of amides is 2. The summed E-state index contributed by atoms with van der Waals surface area (Å²) >= 11 is 0. The summed E-state index contributed by atoms with van der Waals surface area (Å²) in [6.45, 7) is 2.37. The predicted molar refractivity (Wildman–Crippen MR) is 80.7 cm³/mol. The van der Waals surface area contributed by atoms with Gasteiger partial charge in [-0.05, 0) is 26.2 Å². The first-order chi connectivity index (χ1) is 11.4. The molecule has 0 fully saturated rings. The van der Waals surface area contributed by atoms with Gasteiger partial charge in [0.1, 0.15) is 0 Å². The van der Waals surface area contributed by atoms with Gasteiger partial charge in [0.25, 0.3) is 0 Å². The van der Waals surface area contributed by atoms with Crippen molar-refractivity contribution < 1.29 is 18.0 Å². The molecule has 0 unspecified atom stereocenters. The summed E-state index contributed by atoms with van der Waals surface area (Å²) in [5, 5.41) is 12.5. The van der Waals surface area contributed by atoms with Crippen molar-refractivity contribution in [3.8, 4) is 0 Å². The first-order valence-corrected chi connectivity index (χ1v) is 7.66. The molecule has 0 spiro atoms. The Hall–Kier alpha value is -2.52. The number of rotatable bonds is 3. The lowest BCUT2D eigenvalue weighted by Gasteiger charge is -2.12. The van der Waals surface area contributed by atoms with Gasteiger partial charge in [0, 0.05) is 24.8 Å². The molecule has 2 aromatic heterocycles. The van der Waals surface area contributed by atoms with Crippen LogP contribution in [0.3, 0.4) is 0 Å². The van der Waals surface area contributed by atoms with Crippen molar-refractivity contribution in [1.29, 1.82) is 0 Å². The predicted octanol–water partition coefficient (Wildman–Crippen LogP) is 3.10. The molecule has 10 heteroatoms. The van der Waals surface area contributed by atoms with E-state index in [9.17, 15) is 18.0 Å². The van der Waals surface area contributed by atoms with E-state index >= 15 is 0 Å². The topological polar surface area (TPSA) is 76.8 Å². The number of anilines is 2. The second-order valence-electron chi connectivity index (χ2n) is 5.50. The third-order valence-corrected chi connectivity index (χ3v) is 3.81. The first kappa shape index (κ1) is 16.3. The summed E-state index contributed by atoms with van der Waals surface area (Å²) in [5.74, 6) is 0.320. The molecule has 0 radical (unpaired) electrons. The molecule has 1 aliphatic rings. The summed E-state index contributed by atoms with van der Waals surface area (Å²) in [4.78, 5) is 12.0. The number of hydrogen-bond acceptors (Lipinski definition) is 3. The van der Waals surface area contributed by atoms with Crippen LogP contribution in [0.4, 0.5) is 29.5 Å². The molecule has 2 aromatic rings. The second-order valence-corrected chi connectivity index (χ2v) is 5.50. The molecule has 130 valence electrons. The van der Waals surface area contributed by atoms with Crippen LogP contribution in [-0.4, -0.2) is 25.6 Å². The molecular formula is C14H17F3N6O. The first-order valence-electron chi connectivity index (χ1n) is 7.66. The fourth-order valence-electron chi connectivity index (χ4n) is 2.76. The summed E-state index contributed by atoms with van der Waals surface area (Å²) in [5.41, 5.74) is -0.360. The Morgan fingerprint density at radius 1 is 1.33 bits per heavy atom. The fourth-order valence-corrected chi connectivity index (χ4v) is 2.76. The van der Waals surface area contributed by atoms with Gasteiger partial charge in [-0.3, -0.25) is 14.7 Å². The number of fused-ring (bicyclic) bond motifs is 1. The normalized spacial score (nSPS) is 14.3. The number of carbonyl (C=O) groups is 1. The average molecular weight is 342 g/mol. The maximum atomic E-state index is 13.1. The SMILES string of the molecule is CCn1ncc(NC(=O)Nc2cc3n(n2)CCCC3)c1C(F)(F)F. The van der Waals surface area contributed by atoms with Gasteiger partial charge in [-0.15, -0.1) is 0 Å². The second kappa shape index (κ2) is 6.17. The van der Waals surface area contributed by atoms with E-state index in [2.05, 4.69) is 20.8 Å². The van der Waals surface area contributed by atoms with Crippen molar-refractivity contribution in [2.24, 2.45) is 0 Å². The average Bonchev–Trinajstić information content (AvgIpc) is 3.09. The van der Waals surface area contributed by atoms with E-state index in [4.69, 9.17) is 0 Å². The molecule has 2 amide bonds. The van der Waals surface area contributed by atoms with Gasteiger partial charge in [-0.25, -0.2) is 4.79 Å². The van der Waals surface area contributed by atoms with E-state index in [1.54, 1.807) is 17.7 Å². The van der Waals surface area contributed by atoms with Crippen molar-refractivity contribution in [3.63, 3.8) is 0 Å². The Bertz CT molecular complexity index is 725. The Kier molecular flexibility index (Phi) is 4.20. The van der Waals surface area contributed by atoms with Gasteiger partial charge in [0.2, 0.25) is 0 Å². The number of aryl methyl sites for hydroxylation is 3. The molecule has 2 N–H and O–H groups in total. The fraction of sp³-hybridized carbons (Fsp3) is 0.500. The van der Waals surface area contributed by atoms with Gasteiger partial charge < -0.3 is 5.32 Å². The van der Waals surface area contributed by atoms with Crippen LogP contribution in [0.2, 0.25) is 0 Å². The molecule has 0 aliphatic carbocycles. The lowest BCUT2D eigenvalue weighted by molar-refractivity contribution is -0.143. The number of aromatic nitrogens is 4. The molecular weight excluding hydrogens is 325 g/mol. The summed E-state index contributed by atoms with van der Waals surface area (Å²) in [6, 6.07) is 0.949. The highest BCUT2D eigenvalue weighted by Crippen LogP contribution is 2.34. The van der Waals surface area contributed by atoms with Crippen molar-refractivity contribution in [2.75, 3.05) is 10.6 Å². The zero-order chi connectivity index (χ0) is 17.3. The van der Waals surface area contributed by atoms with Crippen LogP contribution in [0.5, 0.6) is 0 Å². The molecule has 0 bridgehead atoms. The number of halogens is 3. The van der Waals surface area contributed by atoms with Crippen LogP contribution in [0.15, 0.2) is 12.3 Å². The lowest BCUT2D eigenvalue weighted by atomic mass is 10.1. The Labute approximate surface area is 135 Å². The molecule has 24 heavy (non-hydrogen) atoms. The third-order valence-electron chi connectivity index (χ3n) is 3.81.